The van der Waals surface area contributed by atoms with E-state index in [9.17, 15) is 4.79 Å². The van der Waals surface area contributed by atoms with Gasteiger partial charge in [-0.3, -0.25) is 4.79 Å². The highest BCUT2D eigenvalue weighted by molar-refractivity contribution is 6.58. The number of hydrogen-bond acceptors (Lipinski definition) is 2. The van der Waals surface area contributed by atoms with Crippen molar-refractivity contribution in [1.29, 1.82) is 0 Å². The molecule has 0 saturated carbocycles. The molecule has 0 bridgehead atoms. The van der Waals surface area contributed by atoms with Crippen molar-refractivity contribution >= 4 is 18.3 Å². The number of benzene rings is 2. The molecule has 5 heteroatoms. The van der Waals surface area contributed by atoms with Gasteiger partial charge in [0.1, 0.15) is 12.5 Å². The number of anilines is 1. The Morgan fingerprint density at radius 2 is 1.90 bits per heavy atom. The van der Waals surface area contributed by atoms with Crippen LogP contribution in [-0.2, 0) is 21.3 Å². The van der Waals surface area contributed by atoms with Crippen LogP contribution in [0.3, 0.4) is 0 Å². The quantitative estimate of drug-likeness (QED) is 0.710. The molecule has 0 aromatic heterocycles. The summed E-state index contributed by atoms with van der Waals surface area (Å²) in [6, 6.07) is 15.7. The van der Waals surface area contributed by atoms with Gasteiger partial charge in [-0.2, -0.15) is 0 Å². The number of amides is 1. The van der Waals surface area contributed by atoms with Crippen LogP contribution in [0.5, 0.6) is 0 Å². The number of carbonyl (C=O) groups is 1. The smallest absolute Gasteiger partial charge is 0.237 e. The maximum absolute atomic E-state index is 15.0. The fourth-order valence-electron chi connectivity index (χ4n) is 5.65. The van der Waals surface area contributed by atoms with E-state index >= 15 is 4.39 Å². The van der Waals surface area contributed by atoms with Crippen LogP contribution >= 0.6 is 0 Å². The highest BCUT2D eigenvalue weighted by Crippen LogP contribution is 2.51. The summed E-state index contributed by atoms with van der Waals surface area (Å²) in [5.41, 5.74) is 2.07. The van der Waals surface area contributed by atoms with E-state index in [1.807, 2.05) is 17.0 Å². The summed E-state index contributed by atoms with van der Waals surface area (Å²) < 4.78 is 20.8. The van der Waals surface area contributed by atoms with Gasteiger partial charge in [0, 0.05) is 12.2 Å². The maximum Gasteiger partial charge on any atom is 0.237 e. The second-order valence-corrected chi connectivity index (χ2v) is 8.90. The standard InChI is InChI=1S/C24H27BFNO2/c26-20-9-4-10-21-22(20)24(23(28)27(21)17-19-8-5-15-29-19)11-13-25(14-12-24)16-18-6-2-1-3-7-18/h1-4,6-7,9-10,19H,5,8,11-17H2. The molecule has 2 fully saturated rings. The van der Waals surface area contributed by atoms with Crippen LogP contribution in [-0.4, -0.2) is 31.9 Å². The molecule has 0 aliphatic carbocycles. The van der Waals surface area contributed by atoms with Crippen LogP contribution in [0.25, 0.3) is 0 Å². The first-order valence-corrected chi connectivity index (χ1v) is 10.9. The van der Waals surface area contributed by atoms with Crippen LogP contribution in [0.1, 0.15) is 36.8 Å². The fourth-order valence-corrected chi connectivity index (χ4v) is 5.65. The fraction of sp³-hybridized carbons (Fsp3) is 0.458. The highest BCUT2D eigenvalue weighted by Gasteiger charge is 2.54. The summed E-state index contributed by atoms with van der Waals surface area (Å²) in [5.74, 6) is -0.140. The van der Waals surface area contributed by atoms with Gasteiger partial charge < -0.3 is 9.64 Å². The van der Waals surface area contributed by atoms with Crippen LogP contribution in [0.2, 0.25) is 12.6 Å². The van der Waals surface area contributed by atoms with Gasteiger partial charge in [0.2, 0.25) is 5.91 Å². The summed E-state index contributed by atoms with van der Waals surface area (Å²) >= 11 is 0. The maximum atomic E-state index is 15.0. The Kier molecular flexibility index (Phi) is 4.95. The van der Waals surface area contributed by atoms with E-state index in [-0.39, 0.29) is 17.8 Å². The lowest BCUT2D eigenvalue weighted by Gasteiger charge is -2.35. The second-order valence-electron chi connectivity index (χ2n) is 8.90. The lowest BCUT2D eigenvalue weighted by atomic mass is 9.36. The molecule has 2 saturated heterocycles. The Morgan fingerprint density at radius 1 is 1.10 bits per heavy atom. The Hall–Kier alpha value is -2.14. The Morgan fingerprint density at radius 3 is 2.62 bits per heavy atom. The third-order valence-corrected chi connectivity index (χ3v) is 7.15. The molecule has 150 valence electrons. The third-order valence-electron chi connectivity index (χ3n) is 7.15. The van der Waals surface area contributed by atoms with Crippen LogP contribution < -0.4 is 4.90 Å². The largest absolute Gasteiger partial charge is 0.376 e. The first-order valence-electron chi connectivity index (χ1n) is 10.9. The molecular formula is C24H27BFNO2. The molecule has 5 rings (SSSR count). The number of fused-ring (bicyclic) bond motifs is 2. The van der Waals surface area contributed by atoms with Gasteiger partial charge in [-0.25, -0.2) is 4.39 Å². The molecule has 3 aliphatic heterocycles. The molecule has 2 aromatic rings. The number of ether oxygens (including phenoxy) is 1. The molecule has 1 unspecified atom stereocenters. The lowest BCUT2D eigenvalue weighted by molar-refractivity contribution is -0.124. The van der Waals surface area contributed by atoms with Crippen molar-refractivity contribution in [2.75, 3.05) is 18.1 Å². The molecule has 3 nitrogen and oxygen atoms in total. The molecule has 3 heterocycles. The first-order chi connectivity index (χ1) is 14.2. The van der Waals surface area contributed by atoms with E-state index in [0.29, 0.717) is 18.8 Å². The monoisotopic (exact) mass is 391 g/mol. The van der Waals surface area contributed by atoms with Gasteiger partial charge in [-0.05, 0) is 44.1 Å². The molecule has 0 N–H and O–H groups in total. The number of halogens is 1. The summed E-state index contributed by atoms with van der Waals surface area (Å²) in [6.07, 6.45) is 6.51. The molecule has 1 spiro atoms. The summed E-state index contributed by atoms with van der Waals surface area (Å²) in [6.45, 7) is 1.86. The molecule has 29 heavy (non-hydrogen) atoms. The van der Waals surface area contributed by atoms with Crippen molar-refractivity contribution in [2.45, 2.75) is 56.2 Å². The first kappa shape index (κ1) is 18.9. The van der Waals surface area contributed by atoms with Crippen molar-refractivity contribution in [3.8, 4) is 0 Å². The van der Waals surface area contributed by atoms with Crippen molar-refractivity contribution in [3.63, 3.8) is 0 Å². The van der Waals surface area contributed by atoms with Crippen LogP contribution in [0.4, 0.5) is 10.1 Å². The lowest BCUT2D eigenvalue weighted by Crippen LogP contribution is -2.46. The summed E-state index contributed by atoms with van der Waals surface area (Å²) in [7, 11) is 0. The number of hydrogen-bond donors (Lipinski definition) is 0. The number of rotatable bonds is 4. The minimum absolute atomic E-state index is 0.0691. The van der Waals surface area contributed by atoms with E-state index in [2.05, 4.69) is 24.3 Å². The number of carbonyl (C=O) groups excluding carboxylic acids is 1. The van der Waals surface area contributed by atoms with Gasteiger partial charge >= 0.3 is 0 Å². The topological polar surface area (TPSA) is 29.5 Å². The van der Waals surface area contributed by atoms with Crippen molar-refractivity contribution < 1.29 is 13.9 Å². The molecule has 1 atom stereocenters. The van der Waals surface area contributed by atoms with Crippen molar-refractivity contribution in [3.05, 3.63) is 65.5 Å². The van der Waals surface area contributed by atoms with E-state index in [0.717, 1.165) is 56.9 Å². The zero-order valence-corrected chi connectivity index (χ0v) is 16.8. The van der Waals surface area contributed by atoms with E-state index in [1.54, 1.807) is 6.07 Å². The van der Waals surface area contributed by atoms with E-state index < -0.39 is 5.41 Å². The molecular weight excluding hydrogens is 364 g/mol. The molecule has 1 amide bonds. The second kappa shape index (κ2) is 7.60. The average molecular weight is 391 g/mol. The van der Waals surface area contributed by atoms with Crippen molar-refractivity contribution in [2.24, 2.45) is 0 Å². The highest BCUT2D eigenvalue weighted by atomic mass is 19.1. The van der Waals surface area contributed by atoms with Gasteiger partial charge in [0.25, 0.3) is 0 Å². The predicted octanol–water partition coefficient (Wildman–Crippen LogP) is 4.66. The van der Waals surface area contributed by atoms with Gasteiger partial charge in [-0.15, -0.1) is 0 Å². The van der Waals surface area contributed by atoms with Gasteiger partial charge in [0.05, 0.1) is 23.8 Å². The third kappa shape index (κ3) is 3.29. The van der Waals surface area contributed by atoms with Crippen molar-refractivity contribution in [1.82, 2.24) is 0 Å². The normalized spacial score (nSPS) is 23.1. The van der Waals surface area contributed by atoms with Crippen LogP contribution in [0, 0.1) is 5.82 Å². The SMILES string of the molecule is O=C1N(CC2CCCO2)c2cccc(F)c2C12CCB(Cc1ccccc1)CC2. The molecule has 3 aliphatic rings. The summed E-state index contributed by atoms with van der Waals surface area (Å²) in [5, 5.41) is 0. The van der Waals surface area contributed by atoms with Crippen LogP contribution in [0.15, 0.2) is 48.5 Å². The Labute approximate surface area is 172 Å². The predicted molar refractivity (Wildman–Crippen MR) is 114 cm³/mol. The van der Waals surface area contributed by atoms with Gasteiger partial charge in [0.15, 0.2) is 0 Å². The molecule has 2 aromatic carbocycles. The zero-order chi connectivity index (χ0) is 19.8. The van der Waals surface area contributed by atoms with E-state index in [4.69, 9.17) is 4.74 Å². The minimum Gasteiger partial charge on any atom is -0.376 e. The average Bonchev–Trinajstić information content (AvgIpc) is 3.33. The zero-order valence-electron chi connectivity index (χ0n) is 16.8. The summed E-state index contributed by atoms with van der Waals surface area (Å²) in [4.78, 5) is 15.5. The Bertz CT molecular complexity index is 889. The van der Waals surface area contributed by atoms with Gasteiger partial charge in [-0.1, -0.05) is 54.6 Å². The molecule has 0 radical (unpaired) electrons. The van der Waals surface area contributed by atoms with E-state index in [1.165, 1.54) is 11.6 Å². The minimum atomic E-state index is -0.688. The Balaban J connectivity index is 1.39. The number of nitrogens with zero attached hydrogens (tertiary/aromatic N) is 1.